The summed E-state index contributed by atoms with van der Waals surface area (Å²) in [5.74, 6) is -0.741. The Morgan fingerprint density at radius 1 is 1.13 bits per heavy atom. The second-order valence-electron chi connectivity index (χ2n) is 2.61. The van der Waals surface area contributed by atoms with Gasteiger partial charge in [0.05, 0.1) is 0 Å². The fourth-order valence-electron chi connectivity index (χ4n) is 0.875. The van der Waals surface area contributed by atoms with Crippen molar-refractivity contribution in [3.05, 3.63) is 24.3 Å². The number of carbonyl (C=O) groups is 1. The summed E-state index contributed by atoms with van der Waals surface area (Å²) in [6, 6.07) is 4.54. The number of carbonyl (C=O) groups excluding carboxylic acids is 1. The van der Waals surface area contributed by atoms with Crippen LogP contribution in [-0.4, -0.2) is 12.3 Å². The predicted molar refractivity (Wildman–Crippen MR) is 44.4 cm³/mol. The molecule has 1 aromatic rings. The van der Waals surface area contributed by atoms with Crippen molar-refractivity contribution in [1.82, 2.24) is 0 Å². The van der Waals surface area contributed by atoms with E-state index in [1.807, 2.05) is 0 Å². The van der Waals surface area contributed by atoms with Gasteiger partial charge in [0.25, 0.3) is 0 Å². The number of halogens is 3. The van der Waals surface area contributed by atoms with Gasteiger partial charge in [-0.25, -0.2) is 0 Å². The Hall–Kier alpha value is -1.72. The number of alkyl halides is 3. The van der Waals surface area contributed by atoms with Gasteiger partial charge < -0.3 is 9.47 Å². The van der Waals surface area contributed by atoms with Gasteiger partial charge >= 0.3 is 12.3 Å². The molecule has 0 aromatic heterocycles. The van der Waals surface area contributed by atoms with Crippen LogP contribution in [0, 0.1) is 0 Å². The van der Waals surface area contributed by atoms with Crippen LogP contribution in [0.4, 0.5) is 13.2 Å². The summed E-state index contributed by atoms with van der Waals surface area (Å²) in [6.07, 6.45) is -4.72. The van der Waals surface area contributed by atoms with Crippen molar-refractivity contribution in [3.8, 4) is 11.5 Å². The zero-order valence-electron chi connectivity index (χ0n) is 7.67. The van der Waals surface area contributed by atoms with Crippen molar-refractivity contribution >= 4 is 5.97 Å². The number of hydrogen-bond acceptors (Lipinski definition) is 3. The molecule has 0 aliphatic carbocycles. The summed E-state index contributed by atoms with van der Waals surface area (Å²) < 4.78 is 43.5. The van der Waals surface area contributed by atoms with Crippen molar-refractivity contribution < 1.29 is 27.4 Å². The Kier molecular flexibility index (Phi) is 3.18. The SMILES string of the molecule is CC(=O)Oc1ccc(OC(F)(F)F)cc1. The van der Waals surface area contributed by atoms with Gasteiger partial charge in [0.15, 0.2) is 0 Å². The van der Waals surface area contributed by atoms with Crippen molar-refractivity contribution in [3.63, 3.8) is 0 Å². The number of hydrogen-bond donors (Lipinski definition) is 0. The normalized spacial score (nSPS) is 10.9. The highest BCUT2D eigenvalue weighted by molar-refractivity contribution is 5.69. The first-order chi connectivity index (χ1) is 6.87. The Bertz CT molecular complexity index is 343. The molecule has 0 saturated carbocycles. The molecule has 0 radical (unpaired) electrons. The van der Waals surface area contributed by atoms with Crippen LogP contribution in [0.15, 0.2) is 24.3 Å². The third kappa shape index (κ3) is 4.35. The van der Waals surface area contributed by atoms with Gasteiger partial charge in [0, 0.05) is 6.92 Å². The Morgan fingerprint density at radius 2 is 1.60 bits per heavy atom. The lowest BCUT2D eigenvalue weighted by atomic mass is 10.3. The summed E-state index contributed by atoms with van der Waals surface area (Å²) >= 11 is 0. The lowest BCUT2D eigenvalue weighted by Gasteiger charge is -2.08. The third-order valence-electron chi connectivity index (χ3n) is 1.32. The molecule has 3 nitrogen and oxygen atoms in total. The zero-order chi connectivity index (χ0) is 11.5. The van der Waals surface area contributed by atoms with Gasteiger partial charge in [0.2, 0.25) is 0 Å². The van der Waals surface area contributed by atoms with Gasteiger partial charge in [-0.2, -0.15) is 0 Å². The van der Waals surface area contributed by atoms with Crippen LogP contribution >= 0.6 is 0 Å². The average molecular weight is 220 g/mol. The lowest BCUT2D eigenvalue weighted by molar-refractivity contribution is -0.274. The molecular weight excluding hydrogens is 213 g/mol. The molecule has 1 rings (SSSR count). The van der Waals surface area contributed by atoms with Gasteiger partial charge in [-0.05, 0) is 24.3 Å². The minimum absolute atomic E-state index is 0.164. The molecule has 1 aromatic carbocycles. The third-order valence-corrected chi connectivity index (χ3v) is 1.32. The molecule has 0 atom stereocenters. The highest BCUT2D eigenvalue weighted by atomic mass is 19.4. The van der Waals surface area contributed by atoms with E-state index in [0.717, 1.165) is 12.1 Å². The average Bonchev–Trinajstić information content (AvgIpc) is 2.05. The van der Waals surface area contributed by atoms with Crippen molar-refractivity contribution in [2.24, 2.45) is 0 Å². The summed E-state index contributed by atoms with van der Waals surface area (Å²) in [4.78, 5) is 10.5. The van der Waals surface area contributed by atoms with Crippen LogP contribution in [0.3, 0.4) is 0 Å². The first-order valence-electron chi connectivity index (χ1n) is 3.91. The van der Waals surface area contributed by atoms with Crippen molar-refractivity contribution in [2.75, 3.05) is 0 Å². The fourth-order valence-corrected chi connectivity index (χ4v) is 0.875. The minimum atomic E-state index is -4.72. The molecule has 0 N–H and O–H groups in total. The first-order valence-corrected chi connectivity index (χ1v) is 3.91. The number of esters is 1. The fraction of sp³-hybridized carbons (Fsp3) is 0.222. The molecule has 15 heavy (non-hydrogen) atoms. The van der Waals surface area contributed by atoms with E-state index >= 15 is 0 Å². The summed E-state index contributed by atoms with van der Waals surface area (Å²) in [5.41, 5.74) is 0. The van der Waals surface area contributed by atoms with Crippen LogP contribution in [0.25, 0.3) is 0 Å². The maximum absolute atomic E-state index is 11.7. The molecule has 0 aliphatic rings. The maximum Gasteiger partial charge on any atom is 0.573 e. The summed E-state index contributed by atoms with van der Waals surface area (Å²) in [7, 11) is 0. The standard InChI is InChI=1S/C9H7F3O3/c1-6(13)14-7-2-4-8(5-3-7)15-9(10,11)12/h2-5H,1H3. The topological polar surface area (TPSA) is 35.5 Å². The van der Waals surface area contributed by atoms with Crippen molar-refractivity contribution in [2.45, 2.75) is 13.3 Å². The molecule has 0 amide bonds. The van der Waals surface area contributed by atoms with Gasteiger partial charge in [-0.15, -0.1) is 13.2 Å². The van der Waals surface area contributed by atoms with E-state index in [2.05, 4.69) is 9.47 Å². The molecule has 0 unspecified atom stereocenters. The monoisotopic (exact) mass is 220 g/mol. The van der Waals surface area contributed by atoms with E-state index in [-0.39, 0.29) is 11.5 Å². The molecular formula is C9H7F3O3. The van der Waals surface area contributed by atoms with Crippen LogP contribution < -0.4 is 9.47 Å². The highest BCUT2D eigenvalue weighted by Gasteiger charge is 2.30. The van der Waals surface area contributed by atoms with E-state index in [1.165, 1.54) is 19.1 Å². The second kappa shape index (κ2) is 4.20. The van der Waals surface area contributed by atoms with Crippen LogP contribution in [0.5, 0.6) is 11.5 Å². The molecule has 0 spiro atoms. The molecule has 0 saturated heterocycles. The Morgan fingerprint density at radius 3 is 2.00 bits per heavy atom. The van der Waals surface area contributed by atoms with E-state index in [4.69, 9.17) is 0 Å². The second-order valence-corrected chi connectivity index (χ2v) is 2.61. The molecule has 82 valence electrons. The zero-order valence-corrected chi connectivity index (χ0v) is 7.67. The Balaban J connectivity index is 2.68. The summed E-state index contributed by atoms with van der Waals surface area (Å²) in [5, 5.41) is 0. The Labute approximate surface area is 83.4 Å². The van der Waals surface area contributed by atoms with Crippen LogP contribution in [0.2, 0.25) is 0 Å². The molecule has 0 heterocycles. The van der Waals surface area contributed by atoms with Gasteiger partial charge in [0.1, 0.15) is 11.5 Å². The van der Waals surface area contributed by atoms with E-state index in [0.29, 0.717) is 0 Å². The molecule has 0 bridgehead atoms. The van der Waals surface area contributed by atoms with Crippen LogP contribution in [0.1, 0.15) is 6.92 Å². The van der Waals surface area contributed by atoms with E-state index in [9.17, 15) is 18.0 Å². The quantitative estimate of drug-likeness (QED) is 0.567. The number of benzene rings is 1. The highest BCUT2D eigenvalue weighted by Crippen LogP contribution is 2.24. The van der Waals surface area contributed by atoms with Gasteiger partial charge in [-0.1, -0.05) is 0 Å². The lowest BCUT2D eigenvalue weighted by Crippen LogP contribution is -2.17. The van der Waals surface area contributed by atoms with E-state index < -0.39 is 12.3 Å². The largest absolute Gasteiger partial charge is 0.573 e. The summed E-state index contributed by atoms with van der Waals surface area (Å²) in [6.45, 7) is 1.19. The molecule has 6 heteroatoms. The van der Waals surface area contributed by atoms with Crippen LogP contribution in [-0.2, 0) is 4.79 Å². The number of ether oxygens (including phenoxy) is 2. The predicted octanol–water partition coefficient (Wildman–Crippen LogP) is 2.51. The smallest absolute Gasteiger partial charge is 0.427 e. The van der Waals surface area contributed by atoms with E-state index in [1.54, 1.807) is 0 Å². The maximum atomic E-state index is 11.7. The molecule has 0 fully saturated rings. The van der Waals surface area contributed by atoms with Gasteiger partial charge in [-0.3, -0.25) is 4.79 Å². The number of rotatable bonds is 2. The minimum Gasteiger partial charge on any atom is -0.427 e. The van der Waals surface area contributed by atoms with Crippen molar-refractivity contribution in [1.29, 1.82) is 0 Å². The first kappa shape index (κ1) is 11.4. The molecule has 0 aliphatic heterocycles.